The first-order valence-corrected chi connectivity index (χ1v) is 9.09. The average molecular weight is 352 g/mol. The van der Waals surface area contributed by atoms with E-state index in [2.05, 4.69) is 12.2 Å². The summed E-state index contributed by atoms with van der Waals surface area (Å²) in [6.07, 6.45) is 2.38. The molecular weight excluding hydrogens is 326 g/mol. The molecule has 4 nitrogen and oxygen atoms in total. The number of morpholine rings is 1. The van der Waals surface area contributed by atoms with Crippen molar-refractivity contribution in [3.8, 4) is 0 Å². The standard InChI is InChI=1S/C19H26F2N2O2/c1-13(14-4-6-22-7-5-14)10-19(24)23-8-9-25-18(12-23)15-2-3-16(20)17(21)11-15/h2-3,11,13-14,18,22H,4-10,12H2,1H3. The van der Waals surface area contributed by atoms with Gasteiger partial charge in [-0.2, -0.15) is 0 Å². The van der Waals surface area contributed by atoms with Crippen molar-refractivity contribution in [3.05, 3.63) is 35.4 Å². The van der Waals surface area contributed by atoms with E-state index in [-0.39, 0.29) is 5.91 Å². The second-order valence-electron chi connectivity index (χ2n) is 7.14. The number of hydrogen-bond acceptors (Lipinski definition) is 3. The number of amides is 1. The normalized spacial score (nSPS) is 23.5. The Morgan fingerprint density at radius 3 is 2.80 bits per heavy atom. The van der Waals surface area contributed by atoms with E-state index in [9.17, 15) is 13.6 Å². The first-order valence-electron chi connectivity index (χ1n) is 9.09. The number of benzene rings is 1. The maximum Gasteiger partial charge on any atom is 0.223 e. The minimum absolute atomic E-state index is 0.127. The largest absolute Gasteiger partial charge is 0.370 e. The number of ether oxygens (including phenoxy) is 1. The topological polar surface area (TPSA) is 41.6 Å². The molecule has 2 aliphatic rings. The fraction of sp³-hybridized carbons (Fsp3) is 0.632. The van der Waals surface area contributed by atoms with Crippen molar-refractivity contribution in [2.75, 3.05) is 32.8 Å². The van der Waals surface area contributed by atoms with Crippen LogP contribution in [0.15, 0.2) is 18.2 Å². The molecular formula is C19H26F2N2O2. The van der Waals surface area contributed by atoms with Crippen LogP contribution in [0.1, 0.15) is 37.9 Å². The van der Waals surface area contributed by atoms with Gasteiger partial charge in [0.1, 0.15) is 6.10 Å². The van der Waals surface area contributed by atoms with Crippen LogP contribution in [0.5, 0.6) is 0 Å². The summed E-state index contributed by atoms with van der Waals surface area (Å²) in [4.78, 5) is 14.5. The van der Waals surface area contributed by atoms with Gasteiger partial charge in [0, 0.05) is 13.0 Å². The molecule has 0 saturated carbocycles. The van der Waals surface area contributed by atoms with Gasteiger partial charge in [0.15, 0.2) is 11.6 Å². The molecule has 6 heteroatoms. The van der Waals surface area contributed by atoms with E-state index in [0.717, 1.165) is 38.1 Å². The van der Waals surface area contributed by atoms with E-state index >= 15 is 0 Å². The molecule has 2 unspecified atom stereocenters. The second-order valence-corrected chi connectivity index (χ2v) is 7.14. The molecule has 0 aromatic heterocycles. The van der Waals surface area contributed by atoms with Gasteiger partial charge in [-0.1, -0.05) is 13.0 Å². The van der Waals surface area contributed by atoms with Crippen molar-refractivity contribution in [2.24, 2.45) is 11.8 Å². The van der Waals surface area contributed by atoms with Crippen molar-refractivity contribution >= 4 is 5.91 Å². The number of nitrogens with one attached hydrogen (secondary N) is 1. The van der Waals surface area contributed by atoms with Crippen LogP contribution < -0.4 is 5.32 Å². The Morgan fingerprint density at radius 2 is 2.08 bits per heavy atom. The van der Waals surface area contributed by atoms with Crippen molar-refractivity contribution in [3.63, 3.8) is 0 Å². The minimum Gasteiger partial charge on any atom is -0.370 e. The van der Waals surface area contributed by atoms with Gasteiger partial charge in [-0.15, -0.1) is 0 Å². The van der Waals surface area contributed by atoms with Gasteiger partial charge in [-0.05, 0) is 55.5 Å². The Morgan fingerprint density at radius 1 is 1.32 bits per heavy atom. The molecule has 1 aromatic rings. The third-order valence-electron chi connectivity index (χ3n) is 5.42. The summed E-state index contributed by atoms with van der Waals surface area (Å²) in [6.45, 7) is 5.57. The summed E-state index contributed by atoms with van der Waals surface area (Å²) in [7, 11) is 0. The van der Waals surface area contributed by atoms with Crippen molar-refractivity contribution in [2.45, 2.75) is 32.3 Å². The maximum absolute atomic E-state index is 13.5. The van der Waals surface area contributed by atoms with Gasteiger partial charge >= 0.3 is 0 Å². The zero-order valence-corrected chi connectivity index (χ0v) is 14.6. The Balaban J connectivity index is 1.58. The van der Waals surface area contributed by atoms with Crippen LogP contribution in [0.2, 0.25) is 0 Å². The molecule has 1 aromatic carbocycles. The molecule has 0 bridgehead atoms. The molecule has 25 heavy (non-hydrogen) atoms. The number of carbonyl (C=O) groups excluding carboxylic acids is 1. The molecule has 2 atom stereocenters. The number of piperidine rings is 1. The van der Waals surface area contributed by atoms with Gasteiger partial charge < -0.3 is 15.0 Å². The van der Waals surface area contributed by atoms with Crippen molar-refractivity contribution in [1.82, 2.24) is 10.2 Å². The first kappa shape index (κ1) is 18.3. The Kier molecular flexibility index (Phi) is 6.02. The maximum atomic E-state index is 13.5. The van der Waals surface area contributed by atoms with E-state index in [0.29, 0.717) is 43.5 Å². The highest BCUT2D eigenvalue weighted by atomic mass is 19.2. The lowest BCUT2D eigenvalue weighted by Crippen LogP contribution is -2.43. The number of rotatable bonds is 4. The Labute approximate surface area is 147 Å². The smallest absolute Gasteiger partial charge is 0.223 e. The predicted octanol–water partition coefficient (Wildman–Crippen LogP) is 2.89. The molecule has 0 aliphatic carbocycles. The zero-order chi connectivity index (χ0) is 17.8. The van der Waals surface area contributed by atoms with Gasteiger partial charge in [0.2, 0.25) is 5.91 Å². The fourth-order valence-electron chi connectivity index (χ4n) is 3.77. The molecule has 0 spiro atoms. The highest BCUT2D eigenvalue weighted by molar-refractivity contribution is 5.76. The molecule has 1 amide bonds. The van der Waals surface area contributed by atoms with E-state index < -0.39 is 17.7 Å². The lowest BCUT2D eigenvalue weighted by molar-refractivity contribution is -0.140. The number of hydrogen-bond donors (Lipinski definition) is 1. The average Bonchev–Trinajstić information content (AvgIpc) is 2.64. The Bertz CT molecular complexity index is 605. The Hall–Kier alpha value is -1.53. The molecule has 2 heterocycles. The number of nitrogens with zero attached hydrogens (tertiary/aromatic N) is 1. The molecule has 0 radical (unpaired) electrons. The van der Waals surface area contributed by atoms with Crippen LogP contribution in [0, 0.1) is 23.5 Å². The summed E-state index contributed by atoms with van der Waals surface area (Å²) < 4.78 is 32.2. The molecule has 2 aliphatic heterocycles. The highest BCUT2D eigenvalue weighted by Crippen LogP contribution is 2.27. The summed E-state index contributed by atoms with van der Waals surface area (Å²) >= 11 is 0. The summed E-state index contributed by atoms with van der Waals surface area (Å²) in [6, 6.07) is 3.79. The summed E-state index contributed by atoms with van der Waals surface area (Å²) in [5.74, 6) is -0.679. The number of halogens is 2. The predicted molar refractivity (Wildman–Crippen MR) is 91.0 cm³/mol. The SMILES string of the molecule is CC(CC(=O)N1CCOC(c2ccc(F)c(F)c2)C1)C1CCNCC1. The summed E-state index contributed by atoms with van der Waals surface area (Å²) in [5, 5.41) is 3.35. The minimum atomic E-state index is -0.885. The quantitative estimate of drug-likeness (QED) is 0.906. The third kappa shape index (κ3) is 4.55. The van der Waals surface area contributed by atoms with Crippen LogP contribution in [0.25, 0.3) is 0 Å². The van der Waals surface area contributed by atoms with Crippen molar-refractivity contribution < 1.29 is 18.3 Å². The zero-order valence-electron chi connectivity index (χ0n) is 14.6. The monoisotopic (exact) mass is 352 g/mol. The van der Waals surface area contributed by atoms with Crippen LogP contribution in [-0.2, 0) is 9.53 Å². The van der Waals surface area contributed by atoms with E-state index in [1.165, 1.54) is 6.07 Å². The van der Waals surface area contributed by atoms with Crippen LogP contribution >= 0.6 is 0 Å². The van der Waals surface area contributed by atoms with E-state index in [1.807, 2.05) is 0 Å². The third-order valence-corrected chi connectivity index (χ3v) is 5.42. The van der Waals surface area contributed by atoms with Crippen LogP contribution in [0.3, 0.4) is 0 Å². The molecule has 2 saturated heterocycles. The molecule has 2 fully saturated rings. The lowest BCUT2D eigenvalue weighted by atomic mass is 9.84. The van der Waals surface area contributed by atoms with Gasteiger partial charge in [-0.25, -0.2) is 8.78 Å². The molecule has 138 valence electrons. The molecule has 1 N–H and O–H groups in total. The second kappa shape index (κ2) is 8.23. The van der Waals surface area contributed by atoms with Crippen LogP contribution in [-0.4, -0.2) is 43.6 Å². The van der Waals surface area contributed by atoms with Gasteiger partial charge in [0.25, 0.3) is 0 Å². The van der Waals surface area contributed by atoms with Gasteiger partial charge in [0.05, 0.1) is 13.2 Å². The van der Waals surface area contributed by atoms with E-state index in [1.54, 1.807) is 4.90 Å². The highest BCUT2D eigenvalue weighted by Gasteiger charge is 2.29. The first-order chi connectivity index (χ1) is 12.0. The van der Waals surface area contributed by atoms with Gasteiger partial charge in [-0.3, -0.25) is 4.79 Å². The van der Waals surface area contributed by atoms with Crippen LogP contribution in [0.4, 0.5) is 8.78 Å². The lowest BCUT2D eigenvalue weighted by Gasteiger charge is -2.35. The van der Waals surface area contributed by atoms with E-state index in [4.69, 9.17) is 4.74 Å². The summed E-state index contributed by atoms with van der Waals surface area (Å²) in [5.41, 5.74) is 0.572. The number of carbonyl (C=O) groups is 1. The fourth-order valence-corrected chi connectivity index (χ4v) is 3.77. The van der Waals surface area contributed by atoms with Crippen molar-refractivity contribution in [1.29, 1.82) is 0 Å². The molecule has 3 rings (SSSR count).